The van der Waals surface area contributed by atoms with Crippen molar-refractivity contribution in [1.29, 1.82) is 0 Å². The third kappa shape index (κ3) is 2.87. The van der Waals surface area contributed by atoms with Crippen LogP contribution in [0, 0.1) is 12.7 Å². The summed E-state index contributed by atoms with van der Waals surface area (Å²) < 4.78 is 18.9. The summed E-state index contributed by atoms with van der Waals surface area (Å²) in [5, 5.41) is 3.29. The molecule has 110 valence electrons. The summed E-state index contributed by atoms with van der Waals surface area (Å²) in [6.07, 6.45) is 2.09. The molecule has 2 aromatic carbocycles. The fourth-order valence-corrected chi connectivity index (χ4v) is 3.00. The minimum Gasteiger partial charge on any atom is -0.497 e. The van der Waals surface area contributed by atoms with Gasteiger partial charge in [-0.3, -0.25) is 0 Å². The van der Waals surface area contributed by atoms with Crippen molar-refractivity contribution in [3.05, 3.63) is 59.4 Å². The van der Waals surface area contributed by atoms with Gasteiger partial charge in [-0.25, -0.2) is 4.39 Å². The average molecular weight is 285 g/mol. The molecule has 0 spiro atoms. The maximum atomic E-state index is 13.8. The summed E-state index contributed by atoms with van der Waals surface area (Å²) in [5.41, 5.74) is 3.29. The number of benzene rings is 2. The van der Waals surface area contributed by atoms with E-state index in [-0.39, 0.29) is 5.82 Å². The molecule has 0 atom stereocenters. The fourth-order valence-electron chi connectivity index (χ4n) is 3.00. The Labute approximate surface area is 125 Å². The van der Waals surface area contributed by atoms with Gasteiger partial charge in [0.25, 0.3) is 0 Å². The number of aryl methyl sites for hydroxylation is 1. The van der Waals surface area contributed by atoms with E-state index in [9.17, 15) is 4.39 Å². The normalized spacial score (nSPS) is 20.7. The van der Waals surface area contributed by atoms with Gasteiger partial charge in [0.1, 0.15) is 11.6 Å². The molecule has 0 heterocycles. The summed E-state index contributed by atoms with van der Waals surface area (Å²) in [6, 6.07) is 13.6. The Morgan fingerprint density at radius 3 is 2.62 bits per heavy atom. The van der Waals surface area contributed by atoms with Crippen molar-refractivity contribution in [3.8, 4) is 5.75 Å². The highest BCUT2D eigenvalue weighted by molar-refractivity contribution is 5.51. The molecular weight excluding hydrogens is 265 g/mol. The summed E-state index contributed by atoms with van der Waals surface area (Å²) in [6.45, 7) is 2.15. The lowest BCUT2D eigenvalue weighted by molar-refractivity contribution is 0.371. The molecule has 21 heavy (non-hydrogen) atoms. The molecular formula is C18H20FNO. The van der Waals surface area contributed by atoms with Crippen molar-refractivity contribution in [2.45, 2.75) is 31.7 Å². The van der Waals surface area contributed by atoms with Crippen LogP contribution in [-0.4, -0.2) is 13.2 Å². The van der Waals surface area contributed by atoms with E-state index < -0.39 is 0 Å². The lowest BCUT2D eigenvalue weighted by Crippen LogP contribution is -2.34. The van der Waals surface area contributed by atoms with E-state index >= 15 is 0 Å². The molecule has 3 rings (SSSR count). The van der Waals surface area contributed by atoms with Crippen molar-refractivity contribution in [1.82, 2.24) is 0 Å². The molecule has 0 aliphatic heterocycles. The van der Waals surface area contributed by atoms with Crippen molar-refractivity contribution in [2.24, 2.45) is 0 Å². The van der Waals surface area contributed by atoms with Crippen LogP contribution in [0.15, 0.2) is 42.5 Å². The van der Waals surface area contributed by atoms with Gasteiger partial charge in [0.2, 0.25) is 0 Å². The minimum atomic E-state index is -0.227. The third-order valence-corrected chi connectivity index (χ3v) is 4.30. The largest absolute Gasteiger partial charge is 0.497 e. The zero-order valence-corrected chi connectivity index (χ0v) is 12.4. The van der Waals surface area contributed by atoms with E-state index in [1.807, 2.05) is 0 Å². The Kier molecular flexibility index (Phi) is 3.82. The van der Waals surface area contributed by atoms with Gasteiger partial charge in [-0.15, -0.1) is 0 Å². The number of ether oxygens (including phenoxy) is 1. The second kappa shape index (κ2) is 5.76. The van der Waals surface area contributed by atoms with Crippen LogP contribution in [0.3, 0.4) is 0 Å². The molecule has 1 fully saturated rings. The smallest absolute Gasteiger partial charge is 0.146 e. The average Bonchev–Trinajstić information content (AvgIpc) is 2.45. The zero-order chi connectivity index (χ0) is 14.8. The van der Waals surface area contributed by atoms with Crippen LogP contribution in [0.25, 0.3) is 0 Å². The van der Waals surface area contributed by atoms with Gasteiger partial charge in [-0.2, -0.15) is 0 Å². The molecule has 0 unspecified atom stereocenters. The van der Waals surface area contributed by atoms with E-state index in [0.717, 1.165) is 12.8 Å². The van der Waals surface area contributed by atoms with Crippen LogP contribution in [0.5, 0.6) is 5.75 Å². The minimum absolute atomic E-state index is 0.227. The zero-order valence-electron chi connectivity index (χ0n) is 12.4. The van der Waals surface area contributed by atoms with Crippen LogP contribution in [0.1, 0.15) is 29.9 Å². The standard InChI is InChI=1S/C18H20FNO/c1-12-5-3-4-6-16(12)13-9-14(10-13)20-18-11-15(21-2)7-8-17(18)19/h3-8,11,13-14,20H,9-10H2,1-2H3. The lowest BCUT2D eigenvalue weighted by atomic mass is 9.74. The van der Waals surface area contributed by atoms with Crippen LogP contribution >= 0.6 is 0 Å². The SMILES string of the molecule is COc1ccc(F)c(NC2CC(c3ccccc3C)C2)c1. The maximum Gasteiger partial charge on any atom is 0.146 e. The Morgan fingerprint density at radius 1 is 1.14 bits per heavy atom. The molecule has 3 heteroatoms. The molecule has 0 aromatic heterocycles. The highest BCUT2D eigenvalue weighted by atomic mass is 19.1. The number of hydrogen-bond donors (Lipinski definition) is 1. The predicted molar refractivity (Wildman–Crippen MR) is 83.5 cm³/mol. The van der Waals surface area contributed by atoms with Crippen molar-refractivity contribution < 1.29 is 9.13 Å². The number of nitrogens with one attached hydrogen (secondary N) is 1. The first kappa shape index (κ1) is 13.9. The van der Waals surface area contributed by atoms with Crippen LogP contribution < -0.4 is 10.1 Å². The van der Waals surface area contributed by atoms with Gasteiger partial charge in [0, 0.05) is 12.1 Å². The van der Waals surface area contributed by atoms with E-state index in [0.29, 0.717) is 23.4 Å². The molecule has 1 aliphatic rings. The Hall–Kier alpha value is -2.03. The molecule has 1 N–H and O–H groups in total. The molecule has 2 nitrogen and oxygen atoms in total. The Balaban J connectivity index is 1.64. The van der Waals surface area contributed by atoms with Crippen molar-refractivity contribution >= 4 is 5.69 Å². The lowest BCUT2D eigenvalue weighted by Gasteiger charge is -2.37. The quantitative estimate of drug-likeness (QED) is 0.893. The van der Waals surface area contributed by atoms with Gasteiger partial charge >= 0.3 is 0 Å². The highest BCUT2D eigenvalue weighted by Crippen LogP contribution is 2.40. The summed E-state index contributed by atoms with van der Waals surface area (Å²) in [4.78, 5) is 0. The molecule has 0 radical (unpaired) electrons. The van der Waals surface area contributed by atoms with Crippen LogP contribution in [0.2, 0.25) is 0 Å². The van der Waals surface area contributed by atoms with E-state index in [1.54, 1.807) is 19.2 Å². The molecule has 0 saturated heterocycles. The summed E-state index contributed by atoms with van der Waals surface area (Å²) in [7, 11) is 1.59. The van der Waals surface area contributed by atoms with E-state index in [1.165, 1.54) is 17.2 Å². The molecule has 1 saturated carbocycles. The Bertz CT molecular complexity index is 635. The number of methoxy groups -OCH3 is 1. The number of halogens is 1. The summed E-state index contributed by atoms with van der Waals surface area (Å²) in [5.74, 6) is 1.03. The maximum absolute atomic E-state index is 13.8. The van der Waals surface area contributed by atoms with Gasteiger partial charge in [-0.1, -0.05) is 24.3 Å². The second-order valence-corrected chi connectivity index (χ2v) is 5.71. The number of rotatable bonds is 4. The fraction of sp³-hybridized carbons (Fsp3) is 0.333. The first-order chi connectivity index (χ1) is 10.2. The highest BCUT2D eigenvalue weighted by Gasteiger charge is 2.31. The van der Waals surface area contributed by atoms with Crippen molar-refractivity contribution in [3.63, 3.8) is 0 Å². The van der Waals surface area contributed by atoms with E-state index in [4.69, 9.17) is 4.74 Å². The van der Waals surface area contributed by atoms with Gasteiger partial charge in [0.05, 0.1) is 12.8 Å². The number of anilines is 1. The molecule has 2 aromatic rings. The topological polar surface area (TPSA) is 21.3 Å². The van der Waals surface area contributed by atoms with E-state index in [2.05, 4.69) is 36.5 Å². The second-order valence-electron chi connectivity index (χ2n) is 5.71. The van der Waals surface area contributed by atoms with Gasteiger partial charge in [0.15, 0.2) is 0 Å². The molecule has 0 bridgehead atoms. The molecule has 1 aliphatic carbocycles. The first-order valence-corrected chi connectivity index (χ1v) is 7.33. The number of hydrogen-bond acceptors (Lipinski definition) is 2. The van der Waals surface area contributed by atoms with Crippen molar-refractivity contribution in [2.75, 3.05) is 12.4 Å². The monoisotopic (exact) mass is 285 g/mol. The van der Waals surface area contributed by atoms with Crippen LogP contribution in [0.4, 0.5) is 10.1 Å². The first-order valence-electron chi connectivity index (χ1n) is 7.33. The van der Waals surface area contributed by atoms with Gasteiger partial charge in [-0.05, 0) is 48.9 Å². The van der Waals surface area contributed by atoms with Gasteiger partial charge < -0.3 is 10.1 Å². The third-order valence-electron chi connectivity index (χ3n) is 4.30. The molecule has 0 amide bonds. The predicted octanol–water partition coefficient (Wildman–Crippen LogP) is 4.50. The Morgan fingerprint density at radius 2 is 1.90 bits per heavy atom. The summed E-state index contributed by atoms with van der Waals surface area (Å²) >= 11 is 0. The van der Waals surface area contributed by atoms with Crippen LogP contribution in [-0.2, 0) is 0 Å².